The van der Waals surface area contributed by atoms with Crippen molar-refractivity contribution in [3.8, 4) is 0 Å². The molecule has 0 fully saturated rings. The van der Waals surface area contributed by atoms with Crippen LogP contribution in [0.25, 0.3) is 0 Å². The third-order valence-corrected chi connectivity index (χ3v) is 5.22. The SMILES string of the molecule is Cc1ccc(Br)c(Br)c1[N+](=O)[O-].Cc1cccc([N+](=O)[O-])c1C. The van der Waals surface area contributed by atoms with Crippen LogP contribution in [0.2, 0.25) is 0 Å². The Balaban J connectivity index is 0.000000231. The van der Waals surface area contributed by atoms with Gasteiger partial charge in [-0.15, -0.1) is 0 Å². The predicted molar refractivity (Wildman–Crippen MR) is 95.8 cm³/mol. The van der Waals surface area contributed by atoms with Crippen molar-refractivity contribution in [3.05, 3.63) is 76.2 Å². The van der Waals surface area contributed by atoms with Crippen LogP contribution in [0, 0.1) is 41.0 Å². The van der Waals surface area contributed by atoms with Crippen LogP contribution in [-0.4, -0.2) is 9.85 Å². The molecular formula is C15H14Br2N2O4. The number of rotatable bonds is 2. The van der Waals surface area contributed by atoms with E-state index in [1.165, 1.54) is 6.07 Å². The Labute approximate surface area is 150 Å². The molecule has 122 valence electrons. The third-order valence-electron chi connectivity index (χ3n) is 3.23. The number of hydrogen-bond donors (Lipinski definition) is 0. The van der Waals surface area contributed by atoms with Crippen LogP contribution in [0.5, 0.6) is 0 Å². The lowest BCUT2D eigenvalue weighted by atomic mass is 10.1. The molecule has 0 amide bonds. The third kappa shape index (κ3) is 4.84. The molecule has 0 aliphatic rings. The van der Waals surface area contributed by atoms with Crippen LogP contribution in [-0.2, 0) is 0 Å². The largest absolute Gasteiger partial charge is 0.287 e. The summed E-state index contributed by atoms with van der Waals surface area (Å²) in [5, 5.41) is 20.9. The first-order chi connectivity index (χ1) is 10.7. The Morgan fingerprint density at radius 1 is 0.870 bits per heavy atom. The van der Waals surface area contributed by atoms with E-state index in [9.17, 15) is 20.2 Å². The normalized spacial score (nSPS) is 9.78. The van der Waals surface area contributed by atoms with Crippen LogP contribution in [0.4, 0.5) is 11.4 Å². The molecule has 0 saturated carbocycles. The molecule has 0 unspecified atom stereocenters. The van der Waals surface area contributed by atoms with Gasteiger partial charge in [-0.25, -0.2) is 0 Å². The van der Waals surface area contributed by atoms with Gasteiger partial charge in [-0.2, -0.15) is 0 Å². The summed E-state index contributed by atoms with van der Waals surface area (Å²) in [6.07, 6.45) is 0. The highest BCUT2D eigenvalue weighted by Crippen LogP contribution is 2.34. The van der Waals surface area contributed by atoms with Gasteiger partial charge < -0.3 is 0 Å². The summed E-state index contributed by atoms with van der Waals surface area (Å²) in [6.45, 7) is 5.32. The molecule has 23 heavy (non-hydrogen) atoms. The maximum atomic E-state index is 10.5. The minimum absolute atomic E-state index is 0.115. The van der Waals surface area contributed by atoms with Gasteiger partial charge in [0.15, 0.2) is 0 Å². The van der Waals surface area contributed by atoms with Gasteiger partial charge in [0, 0.05) is 21.7 Å². The Morgan fingerprint density at radius 2 is 1.48 bits per heavy atom. The number of benzene rings is 2. The second kappa shape index (κ2) is 8.16. The van der Waals surface area contributed by atoms with Crippen LogP contribution >= 0.6 is 31.9 Å². The fourth-order valence-electron chi connectivity index (χ4n) is 1.79. The molecule has 6 nitrogen and oxygen atoms in total. The van der Waals surface area contributed by atoms with Crippen LogP contribution in [0.3, 0.4) is 0 Å². The van der Waals surface area contributed by atoms with E-state index in [-0.39, 0.29) is 16.3 Å². The Kier molecular flexibility index (Phi) is 6.83. The van der Waals surface area contributed by atoms with Crippen LogP contribution in [0.15, 0.2) is 39.3 Å². The Morgan fingerprint density at radius 3 is 1.91 bits per heavy atom. The van der Waals surface area contributed by atoms with Gasteiger partial charge in [-0.05, 0) is 64.3 Å². The minimum Gasteiger partial charge on any atom is -0.258 e. The summed E-state index contributed by atoms with van der Waals surface area (Å²) < 4.78 is 1.19. The first-order valence-electron chi connectivity index (χ1n) is 6.46. The van der Waals surface area contributed by atoms with E-state index >= 15 is 0 Å². The number of nitro groups is 2. The van der Waals surface area contributed by atoms with Crippen molar-refractivity contribution in [1.82, 2.24) is 0 Å². The maximum absolute atomic E-state index is 10.5. The van der Waals surface area contributed by atoms with E-state index in [0.29, 0.717) is 14.5 Å². The standard InChI is InChI=1S/C8H9NO2.C7H5Br2NO2/c1-6-4-3-5-8(7(6)2)9(10)11;1-4-2-3-5(8)6(9)7(4)10(11)12/h3-5H,1-2H3;2-3H,1H3. The molecule has 0 radical (unpaired) electrons. The molecular weight excluding hydrogens is 432 g/mol. The topological polar surface area (TPSA) is 86.3 Å². The second-order valence-corrected chi connectivity index (χ2v) is 6.41. The Hall–Kier alpha value is -1.80. The molecule has 0 saturated heterocycles. The minimum atomic E-state index is -0.399. The average Bonchev–Trinajstić information content (AvgIpc) is 2.46. The molecule has 2 aromatic rings. The number of halogens is 2. The zero-order chi connectivity index (χ0) is 17.7. The van der Waals surface area contributed by atoms with E-state index in [4.69, 9.17) is 0 Å². The molecule has 0 bridgehead atoms. The van der Waals surface area contributed by atoms with Gasteiger partial charge in [0.1, 0.15) is 4.47 Å². The highest BCUT2D eigenvalue weighted by Gasteiger charge is 2.17. The molecule has 0 aromatic heterocycles. The van der Waals surface area contributed by atoms with Crippen molar-refractivity contribution in [2.24, 2.45) is 0 Å². The average molecular weight is 446 g/mol. The summed E-state index contributed by atoms with van der Waals surface area (Å²) in [4.78, 5) is 20.2. The highest BCUT2D eigenvalue weighted by atomic mass is 79.9. The smallest absolute Gasteiger partial charge is 0.258 e. The Bertz CT molecular complexity index is 763. The van der Waals surface area contributed by atoms with E-state index in [1.807, 2.05) is 13.0 Å². The summed E-state index contributed by atoms with van der Waals surface area (Å²) in [5.74, 6) is 0. The van der Waals surface area contributed by atoms with Crippen molar-refractivity contribution >= 4 is 43.2 Å². The number of nitrogens with zero attached hydrogens (tertiary/aromatic N) is 2. The molecule has 8 heteroatoms. The molecule has 0 spiro atoms. The highest BCUT2D eigenvalue weighted by molar-refractivity contribution is 9.13. The van der Waals surface area contributed by atoms with Crippen molar-refractivity contribution < 1.29 is 9.85 Å². The fraction of sp³-hybridized carbons (Fsp3) is 0.200. The summed E-state index contributed by atoms with van der Waals surface area (Å²) >= 11 is 6.34. The summed E-state index contributed by atoms with van der Waals surface area (Å²) in [6, 6.07) is 8.55. The molecule has 0 heterocycles. The van der Waals surface area contributed by atoms with Gasteiger partial charge in [0.2, 0.25) is 0 Å². The monoisotopic (exact) mass is 444 g/mol. The van der Waals surface area contributed by atoms with Gasteiger partial charge in [-0.3, -0.25) is 20.2 Å². The van der Waals surface area contributed by atoms with Crippen molar-refractivity contribution in [2.75, 3.05) is 0 Å². The van der Waals surface area contributed by atoms with Gasteiger partial charge in [0.05, 0.1) is 9.85 Å². The molecule has 0 N–H and O–H groups in total. The summed E-state index contributed by atoms with van der Waals surface area (Å²) in [7, 11) is 0. The van der Waals surface area contributed by atoms with Gasteiger partial charge >= 0.3 is 0 Å². The quantitative estimate of drug-likeness (QED) is 0.442. The van der Waals surface area contributed by atoms with Crippen molar-refractivity contribution in [3.63, 3.8) is 0 Å². The van der Waals surface area contributed by atoms with E-state index < -0.39 is 4.92 Å². The van der Waals surface area contributed by atoms with E-state index in [2.05, 4.69) is 31.9 Å². The van der Waals surface area contributed by atoms with Crippen molar-refractivity contribution in [2.45, 2.75) is 20.8 Å². The molecule has 0 aliphatic heterocycles. The predicted octanol–water partition coefficient (Wildman–Crippen LogP) is 5.64. The van der Waals surface area contributed by atoms with Crippen LogP contribution in [0.1, 0.15) is 16.7 Å². The zero-order valence-corrected chi connectivity index (χ0v) is 15.8. The molecule has 2 rings (SSSR count). The first-order valence-corrected chi connectivity index (χ1v) is 8.05. The zero-order valence-electron chi connectivity index (χ0n) is 12.7. The van der Waals surface area contributed by atoms with Crippen molar-refractivity contribution in [1.29, 1.82) is 0 Å². The van der Waals surface area contributed by atoms with Crippen LogP contribution < -0.4 is 0 Å². The lowest BCUT2D eigenvalue weighted by Gasteiger charge is -2.00. The maximum Gasteiger partial charge on any atom is 0.287 e. The van der Waals surface area contributed by atoms with Gasteiger partial charge in [-0.1, -0.05) is 18.2 Å². The van der Waals surface area contributed by atoms with Gasteiger partial charge in [0.25, 0.3) is 11.4 Å². The second-order valence-electron chi connectivity index (χ2n) is 4.76. The van der Waals surface area contributed by atoms with E-state index in [0.717, 1.165) is 11.1 Å². The lowest BCUT2D eigenvalue weighted by Crippen LogP contribution is -1.93. The molecule has 0 aliphatic carbocycles. The fourth-order valence-corrected chi connectivity index (χ4v) is 2.70. The number of hydrogen-bond acceptors (Lipinski definition) is 4. The first kappa shape index (κ1) is 19.2. The molecule has 2 aromatic carbocycles. The lowest BCUT2D eigenvalue weighted by molar-refractivity contribution is -0.386. The number of aryl methyl sites for hydroxylation is 2. The number of nitro benzene ring substituents is 2. The van der Waals surface area contributed by atoms with E-state index in [1.54, 1.807) is 32.0 Å². The summed E-state index contributed by atoms with van der Waals surface area (Å²) in [5.41, 5.74) is 2.67. The molecule has 0 atom stereocenters.